The highest BCUT2D eigenvalue weighted by Crippen LogP contribution is 2.19. The van der Waals surface area contributed by atoms with Crippen LogP contribution in [0.5, 0.6) is 5.75 Å². The number of aromatic nitrogens is 2. The van der Waals surface area contributed by atoms with Crippen LogP contribution in [0.25, 0.3) is 0 Å². The number of hydrogen-bond donors (Lipinski definition) is 1. The molecule has 1 aromatic heterocycles. The highest BCUT2D eigenvalue weighted by molar-refractivity contribution is 5.74. The predicted octanol–water partition coefficient (Wildman–Crippen LogP) is 2.37. The summed E-state index contributed by atoms with van der Waals surface area (Å²) in [7, 11) is 5.41. The van der Waals surface area contributed by atoms with Crippen molar-refractivity contribution in [3.8, 4) is 5.75 Å². The van der Waals surface area contributed by atoms with E-state index in [-0.39, 0.29) is 18.6 Å². The summed E-state index contributed by atoms with van der Waals surface area (Å²) in [4.78, 5) is 16.8. The largest absolute Gasteiger partial charge is 0.497 e. The molecule has 1 aliphatic rings. The molecule has 0 radical (unpaired) electrons. The van der Waals surface area contributed by atoms with E-state index in [4.69, 9.17) is 4.74 Å². The van der Waals surface area contributed by atoms with Crippen LogP contribution in [0, 0.1) is 5.82 Å². The summed E-state index contributed by atoms with van der Waals surface area (Å²) >= 11 is 0. The minimum Gasteiger partial charge on any atom is -0.497 e. The van der Waals surface area contributed by atoms with Crippen LogP contribution in [0.1, 0.15) is 24.1 Å². The van der Waals surface area contributed by atoms with Crippen LogP contribution < -0.4 is 10.1 Å². The summed E-state index contributed by atoms with van der Waals surface area (Å²) < 4.78 is 21.2. The Hall–Kier alpha value is -2.61. The zero-order chi connectivity index (χ0) is 20.1. The Bertz CT molecular complexity index is 802. The Balaban J connectivity index is 1.73. The van der Waals surface area contributed by atoms with E-state index in [1.165, 1.54) is 13.2 Å². The molecule has 7 nitrogen and oxygen atoms in total. The van der Waals surface area contributed by atoms with Crippen LogP contribution in [0.4, 0.5) is 9.18 Å². The molecule has 0 bridgehead atoms. The average molecular weight is 389 g/mol. The molecule has 3 rings (SSSR count). The lowest BCUT2D eigenvalue weighted by Crippen LogP contribution is -2.48. The number of carbonyl (C=O) groups excluding carboxylic acids is 1. The molecule has 8 heteroatoms. The average Bonchev–Trinajstić information content (AvgIpc) is 3.09. The number of likely N-dealkylation sites (tertiary alicyclic amines) is 1. The van der Waals surface area contributed by atoms with Crippen LogP contribution in [0.2, 0.25) is 0 Å². The van der Waals surface area contributed by atoms with E-state index in [1.54, 1.807) is 21.7 Å². The topological polar surface area (TPSA) is 62.6 Å². The SMILES string of the molecule is COc1ccc(CN(Cc2ccn(C)n2)C(=O)NC2CCN(C)CC2)c(F)c1. The molecule has 0 atom stereocenters. The lowest BCUT2D eigenvalue weighted by Gasteiger charge is -2.31. The summed E-state index contributed by atoms with van der Waals surface area (Å²) in [6.07, 6.45) is 3.66. The molecule has 1 N–H and O–H groups in total. The number of rotatable bonds is 6. The number of aryl methyl sites for hydroxylation is 1. The lowest BCUT2D eigenvalue weighted by atomic mass is 10.1. The van der Waals surface area contributed by atoms with Crippen LogP contribution in [-0.2, 0) is 20.1 Å². The minimum absolute atomic E-state index is 0.135. The van der Waals surface area contributed by atoms with Crippen molar-refractivity contribution < 1.29 is 13.9 Å². The standard InChI is InChI=1S/C20H28FN5O2/c1-24-9-6-16(7-10-24)22-20(27)26(14-17-8-11-25(2)23-17)13-15-4-5-18(28-3)12-19(15)21/h4-5,8,11-12,16H,6-7,9-10,13-14H2,1-3H3,(H,22,27). The minimum atomic E-state index is -0.391. The number of carbonyl (C=O) groups is 1. The molecule has 1 saturated heterocycles. The monoisotopic (exact) mass is 389 g/mol. The molecular weight excluding hydrogens is 361 g/mol. The van der Waals surface area contributed by atoms with Crippen molar-refractivity contribution in [2.45, 2.75) is 32.0 Å². The quantitative estimate of drug-likeness (QED) is 0.824. The van der Waals surface area contributed by atoms with E-state index < -0.39 is 5.82 Å². The molecule has 152 valence electrons. The van der Waals surface area contributed by atoms with Gasteiger partial charge in [-0.05, 0) is 45.1 Å². The molecule has 1 fully saturated rings. The van der Waals surface area contributed by atoms with E-state index in [9.17, 15) is 9.18 Å². The Kier molecular flexibility index (Phi) is 6.51. The summed E-state index contributed by atoms with van der Waals surface area (Å²) in [5.41, 5.74) is 1.20. The molecule has 2 aromatic rings. The van der Waals surface area contributed by atoms with E-state index in [1.807, 2.05) is 19.3 Å². The van der Waals surface area contributed by atoms with Gasteiger partial charge in [-0.25, -0.2) is 9.18 Å². The maximum absolute atomic E-state index is 14.4. The Morgan fingerprint density at radius 3 is 2.64 bits per heavy atom. The number of methoxy groups -OCH3 is 1. The number of amides is 2. The Morgan fingerprint density at radius 1 is 1.29 bits per heavy atom. The van der Waals surface area contributed by atoms with Crippen molar-refractivity contribution in [3.63, 3.8) is 0 Å². The lowest BCUT2D eigenvalue weighted by molar-refractivity contribution is 0.175. The third-order valence-electron chi connectivity index (χ3n) is 5.08. The fourth-order valence-corrected chi connectivity index (χ4v) is 3.35. The number of nitrogens with one attached hydrogen (secondary N) is 1. The van der Waals surface area contributed by atoms with Crippen molar-refractivity contribution in [2.75, 3.05) is 27.2 Å². The third-order valence-corrected chi connectivity index (χ3v) is 5.08. The first-order valence-electron chi connectivity index (χ1n) is 9.49. The number of piperidine rings is 1. The van der Waals surface area contributed by atoms with Gasteiger partial charge in [-0.3, -0.25) is 4.68 Å². The van der Waals surface area contributed by atoms with Crippen molar-refractivity contribution in [2.24, 2.45) is 7.05 Å². The van der Waals surface area contributed by atoms with Gasteiger partial charge in [0.1, 0.15) is 11.6 Å². The predicted molar refractivity (Wildman–Crippen MR) is 104 cm³/mol. The molecule has 0 unspecified atom stereocenters. The number of halogens is 1. The molecule has 2 amide bonds. The summed E-state index contributed by atoms with van der Waals surface area (Å²) in [6.45, 7) is 2.38. The van der Waals surface area contributed by atoms with Crippen molar-refractivity contribution in [3.05, 3.63) is 47.5 Å². The maximum Gasteiger partial charge on any atom is 0.318 e. The second-order valence-corrected chi connectivity index (χ2v) is 7.32. The molecule has 1 aromatic carbocycles. The molecule has 2 heterocycles. The maximum atomic E-state index is 14.4. The van der Waals surface area contributed by atoms with Gasteiger partial charge >= 0.3 is 6.03 Å². The second kappa shape index (κ2) is 9.05. The van der Waals surface area contributed by atoms with E-state index in [0.717, 1.165) is 31.6 Å². The van der Waals surface area contributed by atoms with Gasteiger partial charge in [-0.1, -0.05) is 6.07 Å². The van der Waals surface area contributed by atoms with Gasteiger partial charge < -0.3 is 19.9 Å². The fourth-order valence-electron chi connectivity index (χ4n) is 3.35. The summed E-state index contributed by atoms with van der Waals surface area (Å²) in [5.74, 6) is 0.0609. The van der Waals surface area contributed by atoms with Gasteiger partial charge in [0.25, 0.3) is 0 Å². The van der Waals surface area contributed by atoms with Crippen molar-refractivity contribution in [1.29, 1.82) is 0 Å². The molecule has 0 spiro atoms. The Morgan fingerprint density at radius 2 is 2.04 bits per heavy atom. The summed E-state index contributed by atoms with van der Waals surface area (Å²) in [6, 6.07) is 6.49. The zero-order valence-electron chi connectivity index (χ0n) is 16.7. The van der Waals surface area contributed by atoms with Crippen molar-refractivity contribution >= 4 is 6.03 Å². The number of ether oxygens (including phenoxy) is 1. The van der Waals surface area contributed by atoms with E-state index in [0.29, 0.717) is 17.9 Å². The van der Waals surface area contributed by atoms with Gasteiger partial charge in [-0.2, -0.15) is 5.10 Å². The van der Waals surface area contributed by atoms with Gasteiger partial charge in [0.2, 0.25) is 0 Å². The Labute approximate surface area is 165 Å². The first-order valence-corrected chi connectivity index (χ1v) is 9.49. The zero-order valence-corrected chi connectivity index (χ0v) is 16.7. The number of benzene rings is 1. The highest BCUT2D eigenvalue weighted by atomic mass is 19.1. The molecule has 1 aliphatic heterocycles. The van der Waals surface area contributed by atoms with Gasteiger partial charge in [-0.15, -0.1) is 0 Å². The third kappa shape index (κ3) is 5.22. The van der Waals surface area contributed by atoms with Crippen LogP contribution in [0.3, 0.4) is 0 Å². The van der Waals surface area contributed by atoms with E-state index >= 15 is 0 Å². The molecule has 0 saturated carbocycles. The molecule has 28 heavy (non-hydrogen) atoms. The molecular formula is C20H28FN5O2. The van der Waals surface area contributed by atoms with E-state index in [2.05, 4.69) is 22.4 Å². The van der Waals surface area contributed by atoms with Crippen LogP contribution >= 0.6 is 0 Å². The highest BCUT2D eigenvalue weighted by Gasteiger charge is 2.23. The number of hydrogen-bond acceptors (Lipinski definition) is 4. The van der Waals surface area contributed by atoms with Crippen LogP contribution in [0.15, 0.2) is 30.5 Å². The van der Waals surface area contributed by atoms with Crippen LogP contribution in [-0.4, -0.2) is 58.9 Å². The smallest absolute Gasteiger partial charge is 0.318 e. The van der Waals surface area contributed by atoms with Crippen molar-refractivity contribution in [1.82, 2.24) is 24.9 Å². The normalized spacial score (nSPS) is 15.4. The van der Waals surface area contributed by atoms with Gasteiger partial charge in [0, 0.05) is 30.9 Å². The first kappa shape index (κ1) is 20.1. The number of urea groups is 1. The molecule has 0 aliphatic carbocycles. The first-order chi connectivity index (χ1) is 13.4. The van der Waals surface area contributed by atoms with Gasteiger partial charge in [0.05, 0.1) is 25.9 Å². The second-order valence-electron chi connectivity index (χ2n) is 7.32. The number of nitrogens with zero attached hydrogens (tertiary/aromatic N) is 4. The summed E-state index contributed by atoms with van der Waals surface area (Å²) in [5, 5.41) is 7.46. The van der Waals surface area contributed by atoms with Gasteiger partial charge in [0.15, 0.2) is 0 Å². The fraction of sp³-hybridized carbons (Fsp3) is 0.500.